The van der Waals surface area contributed by atoms with Crippen LogP contribution >= 0.6 is 24.0 Å². The van der Waals surface area contributed by atoms with E-state index in [4.69, 9.17) is 5.73 Å². The van der Waals surface area contributed by atoms with Gasteiger partial charge in [-0.1, -0.05) is 36.4 Å². The normalized spacial score (nSPS) is 16.5. The lowest BCUT2D eigenvalue weighted by Crippen LogP contribution is -2.35. The number of piperidine rings is 1. The van der Waals surface area contributed by atoms with Crippen LogP contribution in [-0.2, 0) is 13.1 Å². The van der Waals surface area contributed by atoms with Gasteiger partial charge in [-0.05, 0) is 30.9 Å². The van der Waals surface area contributed by atoms with Gasteiger partial charge in [0, 0.05) is 26.2 Å². The van der Waals surface area contributed by atoms with Gasteiger partial charge in [-0.2, -0.15) is 0 Å². The van der Waals surface area contributed by atoms with Crippen LogP contribution in [-0.4, -0.2) is 41.7 Å². The summed E-state index contributed by atoms with van der Waals surface area (Å²) in [5, 5.41) is 12.7. The number of halogens is 1. The Hall–Kier alpha value is -1.12. The van der Waals surface area contributed by atoms with Crippen LogP contribution in [0.4, 0.5) is 0 Å². The van der Waals surface area contributed by atoms with E-state index in [0.717, 1.165) is 38.0 Å². The van der Waals surface area contributed by atoms with E-state index in [1.54, 1.807) is 0 Å². The number of aliphatic imine (C=N–C) groups is 1. The van der Waals surface area contributed by atoms with Gasteiger partial charge in [0.1, 0.15) is 0 Å². The summed E-state index contributed by atoms with van der Waals surface area (Å²) in [6, 6.07) is 8.34. The van der Waals surface area contributed by atoms with Gasteiger partial charge in [0.05, 0.1) is 12.6 Å². The first-order chi connectivity index (χ1) is 11.0. The number of rotatable bonds is 6. The molecule has 1 aromatic carbocycles. The van der Waals surface area contributed by atoms with Gasteiger partial charge in [0.2, 0.25) is 0 Å². The Morgan fingerprint density at radius 3 is 2.58 bits per heavy atom. The van der Waals surface area contributed by atoms with E-state index in [0.29, 0.717) is 19.0 Å². The van der Waals surface area contributed by atoms with Crippen LogP contribution in [0.5, 0.6) is 0 Å². The maximum Gasteiger partial charge on any atom is 0.189 e. The number of nitrogens with two attached hydrogens (primary N) is 1. The summed E-state index contributed by atoms with van der Waals surface area (Å²) in [5.74, 6) is 0.448. The molecule has 0 bridgehead atoms. The molecule has 0 aromatic heterocycles. The number of aliphatic hydroxyl groups excluding tert-OH is 1. The molecule has 1 saturated heterocycles. The molecule has 2 rings (SSSR count). The number of benzene rings is 1. The minimum absolute atomic E-state index is 0. The van der Waals surface area contributed by atoms with E-state index >= 15 is 0 Å². The smallest absolute Gasteiger partial charge is 0.189 e. The Kier molecular flexibility index (Phi) is 9.31. The molecule has 5 nitrogen and oxygen atoms in total. The fraction of sp³-hybridized carbons (Fsp3) is 0.500. The molecule has 6 heteroatoms. The van der Waals surface area contributed by atoms with Crippen molar-refractivity contribution in [2.24, 2.45) is 10.7 Å². The second-order valence-electron chi connectivity index (χ2n) is 6.29. The Morgan fingerprint density at radius 2 is 1.96 bits per heavy atom. The Bertz CT molecular complexity index is 554. The first kappa shape index (κ1) is 20.9. The number of hydrogen-bond donors (Lipinski definition) is 3. The van der Waals surface area contributed by atoms with Crippen molar-refractivity contribution in [2.75, 3.05) is 19.6 Å². The van der Waals surface area contributed by atoms with E-state index in [-0.39, 0.29) is 30.1 Å². The van der Waals surface area contributed by atoms with Crippen LogP contribution in [0.1, 0.15) is 30.9 Å². The molecule has 1 aliphatic rings. The van der Waals surface area contributed by atoms with E-state index < -0.39 is 0 Å². The second kappa shape index (κ2) is 10.7. The van der Waals surface area contributed by atoms with Crippen molar-refractivity contribution >= 4 is 29.9 Å². The number of guanidine groups is 1. The molecule has 24 heavy (non-hydrogen) atoms. The van der Waals surface area contributed by atoms with Crippen LogP contribution in [0.25, 0.3) is 0 Å². The molecular weight excluding hydrogens is 415 g/mol. The summed E-state index contributed by atoms with van der Waals surface area (Å²) in [4.78, 5) is 6.80. The first-order valence-electron chi connectivity index (χ1n) is 8.20. The summed E-state index contributed by atoms with van der Waals surface area (Å²) < 4.78 is 0. The van der Waals surface area contributed by atoms with Crippen LogP contribution in [0.15, 0.2) is 41.4 Å². The van der Waals surface area contributed by atoms with Crippen molar-refractivity contribution in [3.63, 3.8) is 0 Å². The number of aliphatic hydroxyl groups is 1. The summed E-state index contributed by atoms with van der Waals surface area (Å²) in [5.41, 5.74) is 9.37. The molecule has 134 valence electrons. The SMILES string of the molecule is C=C(C)CNC(N)=NCc1ccccc1CN1CCC(O)CC1.I. The van der Waals surface area contributed by atoms with E-state index in [1.807, 2.05) is 13.0 Å². The third-order valence-corrected chi connectivity index (χ3v) is 4.06. The minimum atomic E-state index is -0.134. The van der Waals surface area contributed by atoms with Crippen molar-refractivity contribution < 1.29 is 5.11 Å². The average Bonchev–Trinajstić information content (AvgIpc) is 2.54. The van der Waals surface area contributed by atoms with Gasteiger partial charge in [-0.25, -0.2) is 4.99 Å². The zero-order valence-corrected chi connectivity index (χ0v) is 16.7. The number of likely N-dealkylation sites (tertiary alicyclic amines) is 1. The Morgan fingerprint density at radius 1 is 1.33 bits per heavy atom. The fourth-order valence-electron chi connectivity index (χ4n) is 2.65. The molecule has 0 unspecified atom stereocenters. The third kappa shape index (κ3) is 7.19. The van der Waals surface area contributed by atoms with Gasteiger partial charge < -0.3 is 16.2 Å². The lowest BCUT2D eigenvalue weighted by Gasteiger charge is -2.30. The summed E-state index contributed by atoms with van der Waals surface area (Å²) in [7, 11) is 0. The highest BCUT2D eigenvalue weighted by Crippen LogP contribution is 2.17. The van der Waals surface area contributed by atoms with E-state index in [9.17, 15) is 5.11 Å². The van der Waals surface area contributed by atoms with Crippen molar-refractivity contribution in [2.45, 2.75) is 39.0 Å². The maximum atomic E-state index is 9.61. The molecule has 1 aromatic rings. The Balaban J connectivity index is 0.00000288. The monoisotopic (exact) mass is 444 g/mol. The Labute approximate surface area is 162 Å². The molecule has 0 saturated carbocycles. The molecule has 0 spiro atoms. The lowest BCUT2D eigenvalue weighted by molar-refractivity contribution is 0.0791. The summed E-state index contributed by atoms with van der Waals surface area (Å²) in [6.07, 6.45) is 1.58. The van der Waals surface area contributed by atoms with E-state index in [2.05, 4.69) is 40.0 Å². The zero-order chi connectivity index (χ0) is 16.7. The molecule has 4 N–H and O–H groups in total. The van der Waals surface area contributed by atoms with Gasteiger partial charge in [0.15, 0.2) is 5.96 Å². The summed E-state index contributed by atoms with van der Waals surface area (Å²) >= 11 is 0. The fourth-order valence-corrected chi connectivity index (χ4v) is 2.65. The van der Waals surface area contributed by atoms with Crippen molar-refractivity contribution in [1.82, 2.24) is 10.2 Å². The van der Waals surface area contributed by atoms with Crippen LogP contribution < -0.4 is 11.1 Å². The quantitative estimate of drug-likeness (QED) is 0.272. The summed E-state index contributed by atoms with van der Waals surface area (Å²) in [6.45, 7) is 9.79. The van der Waals surface area contributed by atoms with Gasteiger partial charge >= 0.3 is 0 Å². The van der Waals surface area contributed by atoms with Crippen molar-refractivity contribution in [3.05, 3.63) is 47.5 Å². The predicted molar refractivity (Wildman–Crippen MR) is 111 cm³/mol. The highest BCUT2D eigenvalue weighted by atomic mass is 127. The topological polar surface area (TPSA) is 73.9 Å². The zero-order valence-electron chi connectivity index (χ0n) is 14.4. The van der Waals surface area contributed by atoms with Crippen LogP contribution in [0.2, 0.25) is 0 Å². The molecule has 1 aliphatic heterocycles. The minimum Gasteiger partial charge on any atom is -0.393 e. The number of nitrogens with zero attached hydrogens (tertiary/aromatic N) is 2. The predicted octanol–water partition coefficient (Wildman–Crippen LogP) is 2.24. The average molecular weight is 444 g/mol. The third-order valence-electron chi connectivity index (χ3n) is 4.06. The molecular formula is C18H29IN4O. The van der Waals surface area contributed by atoms with Crippen molar-refractivity contribution in [3.8, 4) is 0 Å². The molecule has 1 fully saturated rings. The second-order valence-corrected chi connectivity index (χ2v) is 6.29. The van der Waals surface area contributed by atoms with Gasteiger partial charge in [-0.3, -0.25) is 4.90 Å². The molecule has 1 heterocycles. The number of hydrogen-bond acceptors (Lipinski definition) is 3. The van der Waals surface area contributed by atoms with Gasteiger partial charge in [-0.15, -0.1) is 24.0 Å². The molecule has 0 radical (unpaired) electrons. The number of nitrogens with one attached hydrogen (secondary N) is 1. The van der Waals surface area contributed by atoms with Crippen LogP contribution in [0, 0.1) is 0 Å². The van der Waals surface area contributed by atoms with Crippen molar-refractivity contribution in [1.29, 1.82) is 0 Å². The highest BCUT2D eigenvalue weighted by Gasteiger charge is 2.17. The largest absolute Gasteiger partial charge is 0.393 e. The molecule has 0 atom stereocenters. The van der Waals surface area contributed by atoms with Crippen LogP contribution in [0.3, 0.4) is 0 Å². The van der Waals surface area contributed by atoms with Gasteiger partial charge in [0.25, 0.3) is 0 Å². The standard InChI is InChI=1S/C18H28N4O.HI/c1-14(2)11-20-18(19)21-12-15-5-3-4-6-16(15)13-22-9-7-17(23)8-10-22;/h3-6,17,23H,1,7-13H2,2H3,(H3,19,20,21);1H. The molecule has 0 aliphatic carbocycles. The van der Waals surface area contributed by atoms with E-state index in [1.165, 1.54) is 11.1 Å². The highest BCUT2D eigenvalue weighted by molar-refractivity contribution is 14.0. The maximum absolute atomic E-state index is 9.61. The lowest BCUT2D eigenvalue weighted by atomic mass is 10.0. The first-order valence-corrected chi connectivity index (χ1v) is 8.20. The molecule has 0 amide bonds.